The molecule has 1 aromatic rings. The standard InChI is InChI=1S/C17H24BrNO/c18-15-11-13(17(12-19)9-2-1-3-10-17)7-8-16(15)20-14-5-4-6-14/h7-8,11,14H,1-6,9-10,12,19H2. The molecule has 0 spiro atoms. The summed E-state index contributed by atoms with van der Waals surface area (Å²) in [5, 5.41) is 0. The minimum atomic E-state index is 0.190. The first kappa shape index (κ1) is 14.4. The van der Waals surface area contributed by atoms with Crippen LogP contribution >= 0.6 is 15.9 Å². The van der Waals surface area contributed by atoms with Gasteiger partial charge in [-0.05, 0) is 65.7 Å². The lowest BCUT2D eigenvalue weighted by Gasteiger charge is -2.37. The molecule has 3 heteroatoms. The fourth-order valence-corrected chi connectivity index (χ4v) is 3.91. The highest BCUT2D eigenvalue weighted by atomic mass is 79.9. The van der Waals surface area contributed by atoms with Crippen molar-refractivity contribution in [3.05, 3.63) is 28.2 Å². The normalized spacial score (nSPS) is 22.3. The third-order valence-electron chi connectivity index (χ3n) is 5.09. The number of hydrogen-bond donors (Lipinski definition) is 1. The summed E-state index contributed by atoms with van der Waals surface area (Å²) in [4.78, 5) is 0. The first-order valence-corrected chi connectivity index (χ1v) is 8.70. The van der Waals surface area contributed by atoms with Crippen molar-refractivity contribution >= 4 is 15.9 Å². The molecule has 2 nitrogen and oxygen atoms in total. The molecule has 0 saturated heterocycles. The Morgan fingerprint density at radius 3 is 2.45 bits per heavy atom. The summed E-state index contributed by atoms with van der Waals surface area (Å²) in [5.41, 5.74) is 7.70. The highest BCUT2D eigenvalue weighted by Crippen LogP contribution is 2.41. The zero-order valence-electron chi connectivity index (χ0n) is 12.0. The molecule has 3 rings (SSSR count). The minimum absolute atomic E-state index is 0.190. The molecule has 2 fully saturated rings. The summed E-state index contributed by atoms with van der Waals surface area (Å²) in [6, 6.07) is 6.60. The molecule has 2 aliphatic carbocycles. The Balaban J connectivity index is 1.80. The number of halogens is 1. The van der Waals surface area contributed by atoms with Crippen molar-refractivity contribution in [1.29, 1.82) is 0 Å². The molecule has 0 amide bonds. The fourth-order valence-electron chi connectivity index (χ4n) is 3.43. The van der Waals surface area contributed by atoms with E-state index in [-0.39, 0.29) is 5.41 Å². The van der Waals surface area contributed by atoms with Crippen molar-refractivity contribution in [2.45, 2.75) is 62.9 Å². The molecule has 0 aliphatic heterocycles. The number of benzene rings is 1. The molecule has 0 heterocycles. The molecule has 2 N–H and O–H groups in total. The molecular weight excluding hydrogens is 314 g/mol. The lowest BCUT2D eigenvalue weighted by Crippen LogP contribution is -2.37. The third kappa shape index (κ3) is 2.75. The van der Waals surface area contributed by atoms with Crippen LogP contribution in [0.25, 0.3) is 0 Å². The molecule has 110 valence electrons. The maximum Gasteiger partial charge on any atom is 0.133 e. The highest BCUT2D eigenvalue weighted by Gasteiger charge is 2.33. The third-order valence-corrected chi connectivity index (χ3v) is 5.71. The number of nitrogens with two attached hydrogens (primary N) is 1. The Morgan fingerprint density at radius 1 is 1.15 bits per heavy atom. The van der Waals surface area contributed by atoms with Crippen LogP contribution in [0, 0.1) is 0 Å². The Hall–Kier alpha value is -0.540. The van der Waals surface area contributed by atoms with Crippen LogP contribution in [0.1, 0.15) is 56.9 Å². The van der Waals surface area contributed by atoms with E-state index in [9.17, 15) is 0 Å². The zero-order chi connectivity index (χ0) is 14.0. The maximum absolute atomic E-state index is 6.12. The second-order valence-electron chi connectivity index (χ2n) is 6.36. The molecule has 0 bridgehead atoms. The van der Waals surface area contributed by atoms with E-state index >= 15 is 0 Å². The molecule has 2 aliphatic rings. The molecular formula is C17H24BrNO. The van der Waals surface area contributed by atoms with Gasteiger partial charge in [0.1, 0.15) is 5.75 Å². The predicted octanol–water partition coefficient (Wildman–Crippen LogP) is 4.54. The first-order valence-electron chi connectivity index (χ1n) is 7.90. The second kappa shape index (κ2) is 6.07. The van der Waals surface area contributed by atoms with Crippen LogP contribution in [0.5, 0.6) is 5.75 Å². The Bertz CT molecular complexity index is 464. The Labute approximate surface area is 130 Å². The van der Waals surface area contributed by atoms with Crippen molar-refractivity contribution in [2.75, 3.05) is 6.54 Å². The predicted molar refractivity (Wildman–Crippen MR) is 86.2 cm³/mol. The van der Waals surface area contributed by atoms with E-state index in [1.165, 1.54) is 56.9 Å². The number of rotatable bonds is 4. The molecule has 20 heavy (non-hydrogen) atoms. The Morgan fingerprint density at radius 2 is 1.90 bits per heavy atom. The van der Waals surface area contributed by atoms with Crippen molar-refractivity contribution in [3.8, 4) is 5.75 Å². The van der Waals surface area contributed by atoms with Gasteiger partial charge in [-0.2, -0.15) is 0 Å². The molecule has 0 aromatic heterocycles. The summed E-state index contributed by atoms with van der Waals surface area (Å²) in [5.74, 6) is 0.987. The molecule has 0 unspecified atom stereocenters. The molecule has 2 saturated carbocycles. The fraction of sp³-hybridized carbons (Fsp3) is 0.647. The van der Waals surface area contributed by atoms with Gasteiger partial charge in [-0.15, -0.1) is 0 Å². The SMILES string of the molecule is NCC1(c2ccc(OC3CCC3)c(Br)c2)CCCCC1. The van der Waals surface area contributed by atoms with E-state index in [0.717, 1.165) is 16.8 Å². The van der Waals surface area contributed by atoms with E-state index in [1.54, 1.807) is 0 Å². The van der Waals surface area contributed by atoms with Gasteiger partial charge in [-0.3, -0.25) is 0 Å². The van der Waals surface area contributed by atoms with Crippen LogP contribution < -0.4 is 10.5 Å². The highest BCUT2D eigenvalue weighted by molar-refractivity contribution is 9.10. The van der Waals surface area contributed by atoms with Gasteiger partial charge in [-0.1, -0.05) is 25.3 Å². The minimum Gasteiger partial charge on any atom is -0.489 e. The molecule has 1 aromatic carbocycles. The van der Waals surface area contributed by atoms with E-state index in [2.05, 4.69) is 34.1 Å². The van der Waals surface area contributed by atoms with Gasteiger partial charge in [-0.25, -0.2) is 0 Å². The van der Waals surface area contributed by atoms with Gasteiger partial charge >= 0.3 is 0 Å². The average Bonchev–Trinajstić information content (AvgIpc) is 2.44. The van der Waals surface area contributed by atoms with Crippen LogP contribution in [0.2, 0.25) is 0 Å². The smallest absolute Gasteiger partial charge is 0.133 e. The van der Waals surface area contributed by atoms with Crippen LogP contribution in [-0.2, 0) is 5.41 Å². The summed E-state index contributed by atoms with van der Waals surface area (Å²) < 4.78 is 7.10. The summed E-state index contributed by atoms with van der Waals surface area (Å²) in [6.07, 6.45) is 10.5. The van der Waals surface area contributed by atoms with Gasteiger partial charge in [0, 0.05) is 12.0 Å². The van der Waals surface area contributed by atoms with Gasteiger partial charge < -0.3 is 10.5 Å². The van der Waals surface area contributed by atoms with Gasteiger partial charge in [0.25, 0.3) is 0 Å². The van der Waals surface area contributed by atoms with Gasteiger partial charge in [0.2, 0.25) is 0 Å². The molecule has 0 radical (unpaired) electrons. The van der Waals surface area contributed by atoms with Crippen LogP contribution in [0.4, 0.5) is 0 Å². The quantitative estimate of drug-likeness (QED) is 0.875. The summed E-state index contributed by atoms with van der Waals surface area (Å²) >= 11 is 3.68. The van der Waals surface area contributed by atoms with Crippen molar-refractivity contribution < 1.29 is 4.74 Å². The van der Waals surface area contributed by atoms with Crippen LogP contribution in [-0.4, -0.2) is 12.6 Å². The number of hydrogen-bond acceptors (Lipinski definition) is 2. The lowest BCUT2D eigenvalue weighted by atomic mass is 9.69. The van der Waals surface area contributed by atoms with E-state index in [4.69, 9.17) is 10.5 Å². The molecule has 0 atom stereocenters. The number of ether oxygens (including phenoxy) is 1. The van der Waals surface area contributed by atoms with Crippen LogP contribution in [0.15, 0.2) is 22.7 Å². The van der Waals surface area contributed by atoms with E-state index in [1.807, 2.05) is 0 Å². The Kier molecular flexibility index (Phi) is 4.37. The second-order valence-corrected chi connectivity index (χ2v) is 7.22. The maximum atomic E-state index is 6.12. The first-order chi connectivity index (χ1) is 9.73. The average molecular weight is 338 g/mol. The van der Waals surface area contributed by atoms with Crippen LogP contribution in [0.3, 0.4) is 0 Å². The van der Waals surface area contributed by atoms with Gasteiger partial charge in [0.15, 0.2) is 0 Å². The largest absolute Gasteiger partial charge is 0.489 e. The monoisotopic (exact) mass is 337 g/mol. The van der Waals surface area contributed by atoms with Crippen molar-refractivity contribution in [1.82, 2.24) is 0 Å². The van der Waals surface area contributed by atoms with E-state index < -0.39 is 0 Å². The van der Waals surface area contributed by atoms with Gasteiger partial charge in [0.05, 0.1) is 10.6 Å². The zero-order valence-corrected chi connectivity index (χ0v) is 13.6. The van der Waals surface area contributed by atoms with E-state index in [0.29, 0.717) is 6.10 Å². The lowest BCUT2D eigenvalue weighted by molar-refractivity contribution is 0.119. The van der Waals surface area contributed by atoms with Crippen molar-refractivity contribution in [2.24, 2.45) is 5.73 Å². The summed E-state index contributed by atoms with van der Waals surface area (Å²) in [6.45, 7) is 0.752. The summed E-state index contributed by atoms with van der Waals surface area (Å²) in [7, 11) is 0. The topological polar surface area (TPSA) is 35.2 Å². The van der Waals surface area contributed by atoms with Crippen molar-refractivity contribution in [3.63, 3.8) is 0 Å².